The maximum atomic E-state index is 12.5. The van der Waals surface area contributed by atoms with Crippen molar-refractivity contribution >= 4 is 51.0 Å². The lowest BCUT2D eigenvalue weighted by molar-refractivity contribution is -0.120. The second-order valence-electron chi connectivity index (χ2n) is 7.28. The fourth-order valence-electron chi connectivity index (χ4n) is 3.07. The molecule has 7 nitrogen and oxygen atoms in total. The minimum absolute atomic E-state index is 0.0109. The molecule has 0 fully saturated rings. The number of halogens is 1. The summed E-state index contributed by atoms with van der Waals surface area (Å²) in [5.41, 5.74) is 2.47. The first-order valence-electron chi connectivity index (χ1n) is 9.18. The van der Waals surface area contributed by atoms with Crippen LogP contribution >= 0.6 is 11.6 Å². The summed E-state index contributed by atoms with van der Waals surface area (Å²) in [4.78, 5) is 12.5. The molecule has 3 N–H and O–H groups in total. The van der Waals surface area contributed by atoms with E-state index in [1.807, 2.05) is 24.3 Å². The van der Waals surface area contributed by atoms with Gasteiger partial charge >= 0.3 is 7.12 Å². The molecule has 0 unspecified atom stereocenters. The number of carbonyl (C=O) groups is 1. The third-order valence-corrected chi connectivity index (χ3v) is 5.34. The number of hydrogen-bond acceptors (Lipinski definition) is 6. The van der Waals surface area contributed by atoms with Crippen molar-refractivity contribution in [3.8, 4) is 0 Å². The third kappa shape index (κ3) is 5.85. The van der Waals surface area contributed by atoms with Gasteiger partial charge in [-0.05, 0) is 35.7 Å². The van der Waals surface area contributed by atoms with Gasteiger partial charge in [0.2, 0.25) is 5.91 Å². The van der Waals surface area contributed by atoms with Crippen LogP contribution in [0, 0.1) is 0 Å². The fraction of sp³-hybridized carbons (Fsp3) is 0.250. The van der Waals surface area contributed by atoms with E-state index in [-0.39, 0.29) is 12.8 Å². The summed E-state index contributed by atoms with van der Waals surface area (Å²) in [6.45, 7) is 0. The second-order valence-corrected chi connectivity index (χ2v) is 10.2. The molecule has 0 aliphatic rings. The van der Waals surface area contributed by atoms with Gasteiger partial charge in [0, 0.05) is 27.6 Å². The van der Waals surface area contributed by atoms with Gasteiger partial charge in [0.15, 0.2) is 0 Å². The first-order chi connectivity index (χ1) is 14.1. The number of furan rings is 1. The summed E-state index contributed by atoms with van der Waals surface area (Å²) in [6.07, 6.45) is 4.75. The van der Waals surface area contributed by atoms with Crippen LogP contribution in [0.25, 0.3) is 11.0 Å². The Morgan fingerprint density at radius 2 is 2.00 bits per heavy atom. The maximum absolute atomic E-state index is 12.5. The average molecular weight is 449 g/mol. The van der Waals surface area contributed by atoms with E-state index in [1.165, 1.54) is 12.5 Å². The third-order valence-electron chi connectivity index (χ3n) is 4.40. The van der Waals surface area contributed by atoms with E-state index in [2.05, 4.69) is 9.68 Å². The highest BCUT2D eigenvalue weighted by molar-refractivity contribution is 7.92. The number of benzene rings is 2. The molecule has 158 valence electrons. The zero-order chi connectivity index (χ0) is 21.9. The van der Waals surface area contributed by atoms with Crippen LogP contribution in [0.1, 0.15) is 11.1 Å². The molecular weight excluding hydrogens is 427 g/mol. The Hall–Kier alpha value is -2.33. The summed E-state index contributed by atoms with van der Waals surface area (Å²) in [5, 5.41) is 23.3. The highest BCUT2D eigenvalue weighted by Crippen LogP contribution is 2.27. The van der Waals surface area contributed by atoms with Crippen LogP contribution in [0.3, 0.4) is 0 Å². The predicted octanol–water partition coefficient (Wildman–Crippen LogP) is 2.73. The van der Waals surface area contributed by atoms with Crippen molar-refractivity contribution in [2.24, 2.45) is 4.36 Å². The molecule has 0 spiro atoms. The number of nitrogens with zero attached hydrogens (tertiary/aromatic N) is 1. The first kappa shape index (κ1) is 22.4. The lowest BCUT2D eigenvalue weighted by atomic mass is 9.75. The van der Waals surface area contributed by atoms with Crippen LogP contribution in [-0.2, 0) is 27.4 Å². The van der Waals surface area contributed by atoms with Crippen molar-refractivity contribution in [3.05, 3.63) is 64.9 Å². The van der Waals surface area contributed by atoms with E-state index in [0.29, 0.717) is 21.9 Å². The zero-order valence-corrected chi connectivity index (χ0v) is 18.1. The topological polar surface area (TPSA) is 112 Å². The summed E-state index contributed by atoms with van der Waals surface area (Å²) < 4.78 is 21.4. The SMILES string of the molecule is CS(C)(=O)=Nc1ccc(CC(=O)N[C@@H](Cc2coc3ccccc23)B(O)O)cc1Cl. The Kier molecular flexibility index (Phi) is 6.87. The molecule has 0 radical (unpaired) electrons. The highest BCUT2D eigenvalue weighted by Gasteiger charge is 2.27. The molecule has 0 aliphatic heterocycles. The van der Waals surface area contributed by atoms with Crippen LogP contribution in [-0.4, -0.2) is 45.7 Å². The second kappa shape index (κ2) is 9.22. The summed E-state index contributed by atoms with van der Waals surface area (Å²) in [6, 6.07) is 12.3. The molecule has 0 aliphatic carbocycles. The van der Waals surface area contributed by atoms with Gasteiger partial charge in [0.1, 0.15) is 5.58 Å². The summed E-state index contributed by atoms with van der Waals surface area (Å²) >= 11 is 6.18. The van der Waals surface area contributed by atoms with Crippen molar-refractivity contribution in [3.63, 3.8) is 0 Å². The van der Waals surface area contributed by atoms with Crippen molar-refractivity contribution in [2.45, 2.75) is 18.8 Å². The molecule has 30 heavy (non-hydrogen) atoms. The molecule has 1 heterocycles. The van der Waals surface area contributed by atoms with Crippen molar-refractivity contribution in [1.29, 1.82) is 0 Å². The van der Waals surface area contributed by atoms with Gasteiger partial charge in [0.25, 0.3) is 0 Å². The van der Waals surface area contributed by atoms with Crippen LogP contribution < -0.4 is 5.32 Å². The van der Waals surface area contributed by atoms with E-state index in [1.54, 1.807) is 24.5 Å². The number of carbonyl (C=O) groups excluding carboxylic acids is 1. The number of fused-ring (bicyclic) bond motifs is 1. The molecule has 0 saturated heterocycles. The molecule has 3 rings (SSSR count). The largest absolute Gasteiger partial charge is 0.475 e. The van der Waals surface area contributed by atoms with Gasteiger partial charge in [-0.2, -0.15) is 4.36 Å². The standard InChI is InChI=1S/C20H22BClN2O5S/c1-30(2,28)24-17-8-7-13(9-16(17)22)10-20(25)23-19(21(26)27)11-14-12-29-18-6-4-3-5-15(14)18/h3-9,12,19,26-27H,10-11H2,1-2H3,(H,23,25)/t19-/m0/s1. The minimum Gasteiger partial charge on any atom is -0.464 e. The monoisotopic (exact) mass is 448 g/mol. The molecule has 1 atom stereocenters. The Balaban J connectivity index is 1.70. The summed E-state index contributed by atoms with van der Waals surface area (Å²) in [7, 11) is -4.09. The van der Waals surface area contributed by atoms with E-state index >= 15 is 0 Å². The van der Waals surface area contributed by atoms with Gasteiger partial charge in [-0.15, -0.1) is 0 Å². The van der Waals surface area contributed by atoms with Crippen LogP contribution in [0.2, 0.25) is 5.02 Å². The Bertz CT molecular complexity index is 1180. The van der Waals surface area contributed by atoms with Gasteiger partial charge in [-0.3, -0.25) is 4.79 Å². The van der Waals surface area contributed by atoms with Crippen LogP contribution in [0.4, 0.5) is 5.69 Å². The van der Waals surface area contributed by atoms with Crippen molar-refractivity contribution in [2.75, 3.05) is 12.5 Å². The van der Waals surface area contributed by atoms with Gasteiger partial charge in [0.05, 0.1) is 29.3 Å². The van der Waals surface area contributed by atoms with Crippen LogP contribution in [0.5, 0.6) is 0 Å². The quantitative estimate of drug-likeness (QED) is 0.481. The molecule has 1 amide bonds. The molecule has 10 heteroatoms. The van der Waals surface area contributed by atoms with Crippen molar-refractivity contribution < 1.29 is 23.5 Å². The van der Waals surface area contributed by atoms with E-state index in [4.69, 9.17) is 16.0 Å². The van der Waals surface area contributed by atoms with Crippen LogP contribution in [0.15, 0.2) is 57.5 Å². The van der Waals surface area contributed by atoms with Gasteiger partial charge in [-0.1, -0.05) is 35.9 Å². The predicted molar refractivity (Wildman–Crippen MR) is 119 cm³/mol. The van der Waals surface area contributed by atoms with Gasteiger partial charge < -0.3 is 19.8 Å². The molecule has 0 saturated carbocycles. The number of para-hydroxylation sites is 1. The minimum atomic E-state index is -2.35. The molecule has 1 aromatic heterocycles. The smallest absolute Gasteiger partial charge is 0.464 e. The lowest BCUT2D eigenvalue weighted by Gasteiger charge is -2.17. The number of rotatable bonds is 7. The molecule has 0 bridgehead atoms. The van der Waals surface area contributed by atoms with E-state index < -0.39 is 28.7 Å². The Morgan fingerprint density at radius 1 is 1.27 bits per heavy atom. The first-order valence-corrected chi connectivity index (χ1v) is 11.9. The van der Waals surface area contributed by atoms with E-state index in [9.17, 15) is 19.1 Å². The Labute approximate surface area is 180 Å². The molecule has 3 aromatic rings. The van der Waals surface area contributed by atoms with E-state index in [0.717, 1.165) is 10.9 Å². The lowest BCUT2D eigenvalue weighted by Crippen LogP contribution is -2.48. The maximum Gasteiger partial charge on any atom is 0.475 e. The Morgan fingerprint density at radius 3 is 2.67 bits per heavy atom. The number of amides is 1. The number of nitrogens with one attached hydrogen (secondary N) is 1. The van der Waals surface area contributed by atoms with Gasteiger partial charge in [-0.25, -0.2) is 4.21 Å². The zero-order valence-electron chi connectivity index (χ0n) is 16.5. The average Bonchev–Trinajstić information content (AvgIpc) is 3.05. The number of hydrogen-bond donors (Lipinski definition) is 3. The highest BCUT2D eigenvalue weighted by atomic mass is 35.5. The summed E-state index contributed by atoms with van der Waals surface area (Å²) in [5.74, 6) is -1.30. The molecule has 2 aromatic carbocycles. The van der Waals surface area contributed by atoms with Crippen molar-refractivity contribution in [1.82, 2.24) is 5.32 Å². The normalized spacial score (nSPS) is 12.6. The molecular formula is C20H22BClN2O5S. The fourth-order valence-corrected chi connectivity index (χ4v) is 4.00.